The normalized spacial score (nSPS) is 18.1. The lowest BCUT2D eigenvalue weighted by atomic mass is 9.88. The minimum Gasteiger partial charge on any atom is -0.348 e. The lowest BCUT2D eigenvalue weighted by Crippen LogP contribution is -2.38. The average Bonchev–Trinajstić information content (AvgIpc) is 2.92. The molecule has 18 heavy (non-hydrogen) atoms. The van der Waals surface area contributed by atoms with E-state index in [1.165, 1.54) is 22.5 Å². The maximum Gasteiger partial charge on any atom is 0.270 e. The zero-order chi connectivity index (χ0) is 12.4. The zero-order valence-electron chi connectivity index (χ0n) is 9.93. The van der Waals surface area contributed by atoms with Crippen LogP contribution in [0.25, 0.3) is 0 Å². The summed E-state index contributed by atoms with van der Waals surface area (Å²) in [6.45, 7) is 0. The molecule has 4 heteroatoms. The van der Waals surface area contributed by atoms with E-state index < -0.39 is 0 Å². The molecule has 3 nitrogen and oxygen atoms in total. The number of fused-ring (bicyclic) bond motifs is 1. The number of hydrogen-bond donors (Lipinski definition) is 1. The van der Waals surface area contributed by atoms with Crippen molar-refractivity contribution in [2.24, 2.45) is 0 Å². The number of aromatic nitrogens is 1. The fraction of sp³-hybridized carbons (Fsp3) is 0.286. The Morgan fingerprint density at radius 2 is 2.17 bits per heavy atom. The van der Waals surface area contributed by atoms with Crippen LogP contribution in [0.15, 0.2) is 35.2 Å². The molecule has 0 saturated carbocycles. The van der Waals surface area contributed by atoms with Gasteiger partial charge >= 0.3 is 0 Å². The summed E-state index contributed by atoms with van der Waals surface area (Å²) in [6, 6.07) is 8.69. The smallest absolute Gasteiger partial charge is 0.270 e. The maximum absolute atomic E-state index is 11.9. The van der Waals surface area contributed by atoms with Crippen LogP contribution in [0.3, 0.4) is 0 Å². The maximum atomic E-state index is 11.9. The summed E-state index contributed by atoms with van der Waals surface area (Å²) in [5, 5.41) is 4.85. The molecule has 1 aliphatic carbocycles. The molecule has 1 amide bonds. The van der Waals surface area contributed by atoms with Gasteiger partial charge in [-0.1, -0.05) is 24.3 Å². The SMILES string of the molecule is O=C(NC1CCc2ccccc2C1)c1cscn1. The summed E-state index contributed by atoms with van der Waals surface area (Å²) < 4.78 is 0. The average molecular weight is 258 g/mol. The Kier molecular flexibility index (Phi) is 3.11. The number of nitrogens with zero attached hydrogens (tertiary/aromatic N) is 1. The molecule has 1 N–H and O–H groups in total. The van der Waals surface area contributed by atoms with Crippen LogP contribution in [0.5, 0.6) is 0 Å². The summed E-state index contributed by atoms with van der Waals surface area (Å²) in [4.78, 5) is 16.0. The van der Waals surface area contributed by atoms with Crippen LogP contribution in [0, 0.1) is 0 Å². The van der Waals surface area contributed by atoms with Crippen LogP contribution in [0.1, 0.15) is 28.0 Å². The molecule has 1 aromatic heterocycles. The third-order valence-corrected chi connectivity index (χ3v) is 3.93. The molecule has 1 heterocycles. The van der Waals surface area contributed by atoms with Crippen molar-refractivity contribution < 1.29 is 4.79 Å². The molecule has 0 fully saturated rings. The standard InChI is InChI=1S/C14H14N2OS/c17-14(13-8-18-9-15-13)16-12-6-5-10-3-1-2-4-11(10)7-12/h1-4,8-9,12H,5-7H2,(H,16,17). The number of thiazole rings is 1. The molecule has 3 rings (SSSR count). The van der Waals surface area contributed by atoms with Crippen LogP contribution >= 0.6 is 11.3 Å². The third-order valence-electron chi connectivity index (χ3n) is 3.35. The molecule has 0 radical (unpaired) electrons. The van der Waals surface area contributed by atoms with E-state index in [1.54, 1.807) is 10.9 Å². The summed E-state index contributed by atoms with van der Waals surface area (Å²) in [6.07, 6.45) is 2.97. The van der Waals surface area contributed by atoms with Crippen molar-refractivity contribution >= 4 is 17.2 Å². The Hall–Kier alpha value is -1.68. The molecule has 1 aromatic carbocycles. The second kappa shape index (κ2) is 4.90. The van der Waals surface area contributed by atoms with E-state index in [2.05, 4.69) is 34.6 Å². The minimum absolute atomic E-state index is 0.0550. The molecule has 0 saturated heterocycles. The predicted octanol–water partition coefficient (Wildman–Crippen LogP) is 2.43. The van der Waals surface area contributed by atoms with Crippen molar-refractivity contribution in [2.75, 3.05) is 0 Å². The quantitative estimate of drug-likeness (QED) is 0.899. The molecule has 1 unspecified atom stereocenters. The first-order valence-electron chi connectivity index (χ1n) is 6.09. The number of amides is 1. The van der Waals surface area contributed by atoms with E-state index in [-0.39, 0.29) is 11.9 Å². The van der Waals surface area contributed by atoms with Crippen LogP contribution in [0.4, 0.5) is 0 Å². The highest BCUT2D eigenvalue weighted by atomic mass is 32.1. The fourth-order valence-electron chi connectivity index (χ4n) is 2.40. The van der Waals surface area contributed by atoms with Crippen LogP contribution in [0.2, 0.25) is 0 Å². The largest absolute Gasteiger partial charge is 0.348 e. The van der Waals surface area contributed by atoms with Crippen molar-refractivity contribution in [1.29, 1.82) is 0 Å². The molecule has 92 valence electrons. The van der Waals surface area contributed by atoms with Crippen molar-refractivity contribution in [3.63, 3.8) is 0 Å². The van der Waals surface area contributed by atoms with Crippen LogP contribution in [-0.4, -0.2) is 16.9 Å². The van der Waals surface area contributed by atoms with Crippen molar-refractivity contribution in [1.82, 2.24) is 10.3 Å². The highest BCUT2D eigenvalue weighted by Crippen LogP contribution is 2.21. The summed E-state index contributed by atoms with van der Waals surface area (Å²) in [5.41, 5.74) is 4.98. The van der Waals surface area contributed by atoms with E-state index in [0.29, 0.717) is 5.69 Å². The number of nitrogens with one attached hydrogen (secondary N) is 1. The molecule has 1 aliphatic rings. The van der Waals surface area contributed by atoms with E-state index in [9.17, 15) is 4.79 Å². The zero-order valence-corrected chi connectivity index (χ0v) is 10.7. The van der Waals surface area contributed by atoms with Gasteiger partial charge in [-0.25, -0.2) is 4.98 Å². The molecule has 1 atom stereocenters. The third kappa shape index (κ3) is 2.29. The monoisotopic (exact) mass is 258 g/mol. The second-order valence-electron chi connectivity index (χ2n) is 4.56. The lowest BCUT2D eigenvalue weighted by Gasteiger charge is -2.25. The minimum atomic E-state index is -0.0550. The molecule has 2 aromatic rings. The second-order valence-corrected chi connectivity index (χ2v) is 5.27. The Labute approximate surface area is 110 Å². The molecule has 0 bridgehead atoms. The van der Waals surface area contributed by atoms with Gasteiger partial charge in [-0.2, -0.15) is 0 Å². The van der Waals surface area contributed by atoms with Crippen LogP contribution < -0.4 is 5.32 Å². The Balaban J connectivity index is 1.68. The van der Waals surface area contributed by atoms with Gasteiger partial charge in [-0.05, 0) is 30.4 Å². The van der Waals surface area contributed by atoms with Crippen LogP contribution in [-0.2, 0) is 12.8 Å². The molecular formula is C14H14N2OS. The van der Waals surface area contributed by atoms with Gasteiger partial charge < -0.3 is 5.32 Å². The number of carbonyl (C=O) groups is 1. The van der Waals surface area contributed by atoms with Gasteiger partial charge in [0.05, 0.1) is 5.51 Å². The van der Waals surface area contributed by atoms with Gasteiger partial charge in [-0.15, -0.1) is 11.3 Å². The summed E-state index contributed by atoms with van der Waals surface area (Å²) in [7, 11) is 0. The van der Waals surface area contributed by atoms with Crippen molar-refractivity contribution in [2.45, 2.75) is 25.3 Å². The predicted molar refractivity (Wildman–Crippen MR) is 71.8 cm³/mol. The van der Waals surface area contributed by atoms with Gasteiger partial charge in [0.15, 0.2) is 0 Å². The molecular weight excluding hydrogens is 244 g/mol. The van der Waals surface area contributed by atoms with Gasteiger partial charge in [0, 0.05) is 11.4 Å². The van der Waals surface area contributed by atoms with Gasteiger partial charge in [0.1, 0.15) is 5.69 Å². The van der Waals surface area contributed by atoms with E-state index in [4.69, 9.17) is 0 Å². The molecule has 0 aliphatic heterocycles. The Morgan fingerprint density at radius 1 is 1.33 bits per heavy atom. The van der Waals surface area contributed by atoms with Crippen molar-refractivity contribution in [3.8, 4) is 0 Å². The number of aryl methyl sites for hydroxylation is 1. The van der Waals surface area contributed by atoms with E-state index in [0.717, 1.165) is 19.3 Å². The van der Waals surface area contributed by atoms with Gasteiger partial charge in [0.2, 0.25) is 0 Å². The number of rotatable bonds is 2. The fourth-order valence-corrected chi connectivity index (χ4v) is 2.94. The van der Waals surface area contributed by atoms with E-state index >= 15 is 0 Å². The van der Waals surface area contributed by atoms with E-state index in [1.807, 2.05) is 0 Å². The van der Waals surface area contributed by atoms with Gasteiger partial charge in [-0.3, -0.25) is 4.79 Å². The first-order chi connectivity index (χ1) is 8.83. The topological polar surface area (TPSA) is 42.0 Å². The highest BCUT2D eigenvalue weighted by Gasteiger charge is 2.20. The van der Waals surface area contributed by atoms with Crippen molar-refractivity contribution in [3.05, 3.63) is 52.0 Å². The first-order valence-corrected chi connectivity index (χ1v) is 7.03. The number of benzene rings is 1. The van der Waals surface area contributed by atoms with Gasteiger partial charge in [0.25, 0.3) is 5.91 Å². The highest BCUT2D eigenvalue weighted by molar-refractivity contribution is 7.07. The Morgan fingerprint density at radius 3 is 2.94 bits per heavy atom. The number of hydrogen-bond acceptors (Lipinski definition) is 3. The first kappa shape index (κ1) is 11.4. The summed E-state index contributed by atoms with van der Waals surface area (Å²) >= 11 is 1.45. The number of carbonyl (C=O) groups excluding carboxylic acids is 1. The lowest BCUT2D eigenvalue weighted by molar-refractivity contribution is 0.0929. The molecule has 0 spiro atoms. The Bertz CT molecular complexity index is 551. The summed E-state index contributed by atoms with van der Waals surface area (Å²) in [5.74, 6) is -0.0550.